The first-order valence-electron chi connectivity index (χ1n) is 7.51. The maximum Gasteiger partial charge on any atom is 0.0964 e. The minimum Gasteiger partial charge on any atom is -0.311 e. The second-order valence-corrected chi connectivity index (χ2v) is 5.28. The Morgan fingerprint density at radius 2 is 2.05 bits per heavy atom. The van der Waals surface area contributed by atoms with Crippen LogP contribution in [0.3, 0.4) is 0 Å². The molecule has 0 atom stereocenters. The molecule has 0 saturated carbocycles. The maximum atomic E-state index is 4.19. The van der Waals surface area contributed by atoms with Gasteiger partial charge in [0.25, 0.3) is 0 Å². The van der Waals surface area contributed by atoms with Gasteiger partial charge in [0.1, 0.15) is 0 Å². The van der Waals surface area contributed by atoms with E-state index in [-0.39, 0.29) is 0 Å². The first-order valence-corrected chi connectivity index (χ1v) is 7.51. The standard InChI is InChI=1S/C14H29N5/c1-5-7-15-11-14-12-19(17-16-14)10-9-18(8-6-2)13(3)4/h12-13,15H,5-11H2,1-4H3. The van der Waals surface area contributed by atoms with Crippen LogP contribution in [-0.4, -0.2) is 45.6 Å². The van der Waals surface area contributed by atoms with Crippen molar-refractivity contribution in [1.29, 1.82) is 0 Å². The average molecular weight is 267 g/mol. The smallest absolute Gasteiger partial charge is 0.0964 e. The third-order valence-corrected chi connectivity index (χ3v) is 3.18. The lowest BCUT2D eigenvalue weighted by Gasteiger charge is -2.25. The van der Waals surface area contributed by atoms with Gasteiger partial charge in [-0.25, -0.2) is 0 Å². The van der Waals surface area contributed by atoms with Crippen LogP contribution < -0.4 is 5.32 Å². The molecular weight excluding hydrogens is 238 g/mol. The van der Waals surface area contributed by atoms with Gasteiger partial charge in [0.05, 0.1) is 12.2 Å². The first-order chi connectivity index (χ1) is 9.17. The van der Waals surface area contributed by atoms with E-state index < -0.39 is 0 Å². The Morgan fingerprint density at radius 1 is 1.26 bits per heavy atom. The van der Waals surface area contributed by atoms with Crippen LogP contribution in [-0.2, 0) is 13.1 Å². The predicted molar refractivity (Wildman–Crippen MR) is 79.0 cm³/mol. The molecule has 1 heterocycles. The maximum absolute atomic E-state index is 4.19. The first kappa shape index (κ1) is 16.1. The van der Waals surface area contributed by atoms with E-state index in [4.69, 9.17) is 0 Å². The molecule has 0 spiro atoms. The highest BCUT2D eigenvalue weighted by Crippen LogP contribution is 2.01. The van der Waals surface area contributed by atoms with Crippen molar-refractivity contribution in [2.45, 2.75) is 59.7 Å². The van der Waals surface area contributed by atoms with Gasteiger partial charge < -0.3 is 5.32 Å². The highest BCUT2D eigenvalue weighted by atomic mass is 15.4. The monoisotopic (exact) mass is 267 g/mol. The van der Waals surface area contributed by atoms with Crippen LogP contribution in [0.5, 0.6) is 0 Å². The van der Waals surface area contributed by atoms with Crippen molar-refractivity contribution in [3.05, 3.63) is 11.9 Å². The van der Waals surface area contributed by atoms with Gasteiger partial charge in [0, 0.05) is 25.3 Å². The Kier molecular flexibility index (Phi) is 7.67. The van der Waals surface area contributed by atoms with Gasteiger partial charge >= 0.3 is 0 Å². The van der Waals surface area contributed by atoms with E-state index in [0.717, 1.165) is 44.8 Å². The lowest BCUT2D eigenvalue weighted by atomic mass is 10.3. The van der Waals surface area contributed by atoms with Crippen molar-refractivity contribution in [3.63, 3.8) is 0 Å². The summed E-state index contributed by atoms with van der Waals surface area (Å²) in [6, 6.07) is 0.592. The van der Waals surface area contributed by atoms with Crippen molar-refractivity contribution < 1.29 is 0 Å². The summed E-state index contributed by atoms with van der Waals surface area (Å²) < 4.78 is 1.95. The lowest BCUT2D eigenvalue weighted by molar-refractivity contribution is 0.210. The summed E-state index contributed by atoms with van der Waals surface area (Å²) in [7, 11) is 0. The average Bonchev–Trinajstić information content (AvgIpc) is 2.82. The second-order valence-electron chi connectivity index (χ2n) is 5.28. The van der Waals surface area contributed by atoms with E-state index in [9.17, 15) is 0 Å². The molecule has 5 heteroatoms. The molecule has 1 rings (SSSR count). The summed E-state index contributed by atoms with van der Waals surface area (Å²) in [6.45, 7) is 13.8. The van der Waals surface area contributed by atoms with Crippen LogP contribution in [0, 0.1) is 0 Å². The highest BCUT2D eigenvalue weighted by molar-refractivity contribution is 4.91. The number of nitrogens with zero attached hydrogens (tertiary/aromatic N) is 4. The van der Waals surface area contributed by atoms with Gasteiger partial charge in [-0.05, 0) is 39.8 Å². The zero-order chi connectivity index (χ0) is 14.1. The highest BCUT2D eigenvalue weighted by Gasteiger charge is 2.08. The topological polar surface area (TPSA) is 46.0 Å². The molecule has 0 aromatic carbocycles. The Balaban J connectivity index is 2.36. The van der Waals surface area contributed by atoms with Crippen LogP contribution in [0.25, 0.3) is 0 Å². The van der Waals surface area contributed by atoms with Gasteiger partial charge in [-0.1, -0.05) is 19.1 Å². The molecule has 1 aromatic heterocycles. The normalized spacial score (nSPS) is 11.7. The van der Waals surface area contributed by atoms with Crippen LogP contribution in [0.4, 0.5) is 0 Å². The summed E-state index contributed by atoms with van der Waals surface area (Å²) in [6.07, 6.45) is 4.39. The molecule has 1 aromatic rings. The van der Waals surface area contributed by atoms with Crippen molar-refractivity contribution >= 4 is 0 Å². The predicted octanol–water partition coefficient (Wildman–Crippen LogP) is 1.90. The molecule has 0 aliphatic carbocycles. The molecule has 0 saturated heterocycles. The van der Waals surface area contributed by atoms with E-state index in [1.165, 1.54) is 6.42 Å². The van der Waals surface area contributed by atoms with Crippen molar-refractivity contribution in [2.24, 2.45) is 0 Å². The van der Waals surface area contributed by atoms with E-state index in [0.29, 0.717) is 6.04 Å². The number of hydrogen-bond acceptors (Lipinski definition) is 4. The van der Waals surface area contributed by atoms with Crippen molar-refractivity contribution in [3.8, 4) is 0 Å². The fourth-order valence-electron chi connectivity index (χ4n) is 2.07. The van der Waals surface area contributed by atoms with Crippen LogP contribution >= 0.6 is 0 Å². The Morgan fingerprint density at radius 3 is 2.68 bits per heavy atom. The zero-order valence-corrected chi connectivity index (χ0v) is 12.9. The Hall–Kier alpha value is -0.940. The van der Waals surface area contributed by atoms with Gasteiger partial charge in [0.15, 0.2) is 0 Å². The fourth-order valence-corrected chi connectivity index (χ4v) is 2.07. The van der Waals surface area contributed by atoms with E-state index in [2.05, 4.69) is 48.2 Å². The molecule has 19 heavy (non-hydrogen) atoms. The molecular formula is C14H29N5. The minimum absolute atomic E-state index is 0.592. The second kappa shape index (κ2) is 9.04. The molecule has 0 fully saturated rings. The Labute approximate surface area is 117 Å². The van der Waals surface area contributed by atoms with E-state index in [1.54, 1.807) is 0 Å². The van der Waals surface area contributed by atoms with Gasteiger partial charge in [0.2, 0.25) is 0 Å². The molecule has 5 nitrogen and oxygen atoms in total. The number of hydrogen-bond donors (Lipinski definition) is 1. The van der Waals surface area contributed by atoms with Crippen molar-refractivity contribution in [2.75, 3.05) is 19.6 Å². The Bertz CT molecular complexity index is 334. The summed E-state index contributed by atoms with van der Waals surface area (Å²) in [5.41, 5.74) is 1.03. The van der Waals surface area contributed by atoms with Crippen LogP contribution in [0.1, 0.15) is 46.2 Å². The van der Waals surface area contributed by atoms with Crippen LogP contribution in [0.15, 0.2) is 6.20 Å². The minimum atomic E-state index is 0.592. The molecule has 110 valence electrons. The largest absolute Gasteiger partial charge is 0.311 e. The lowest BCUT2D eigenvalue weighted by Crippen LogP contribution is -2.34. The molecule has 0 aliphatic heterocycles. The number of nitrogens with one attached hydrogen (secondary N) is 1. The quantitative estimate of drug-likeness (QED) is 0.658. The number of rotatable bonds is 10. The molecule has 0 bridgehead atoms. The summed E-state index contributed by atoms with van der Waals surface area (Å²) in [4.78, 5) is 2.48. The molecule has 1 N–H and O–H groups in total. The van der Waals surface area contributed by atoms with Gasteiger partial charge in [-0.3, -0.25) is 9.58 Å². The molecule has 0 aliphatic rings. The third kappa shape index (κ3) is 6.16. The van der Waals surface area contributed by atoms with E-state index >= 15 is 0 Å². The van der Waals surface area contributed by atoms with Crippen molar-refractivity contribution in [1.82, 2.24) is 25.2 Å². The molecule has 0 radical (unpaired) electrons. The zero-order valence-electron chi connectivity index (χ0n) is 12.9. The fraction of sp³-hybridized carbons (Fsp3) is 0.857. The van der Waals surface area contributed by atoms with Crippen LogP contribution in [0.2, 0.25) is 0 Å². The van der Waals surface area contributed by atoms with Gasteiger partial charge in [-0.15, -0.1) is 5.10 Å². The summed E-state index contributed by atoms with van der Waals surface area (Å²) in [5.74, 6) is 0. The SMILES string of the molecule is CCCNCc1cn(CCN(CCC)C(C)C)nn1. The van der Waals surface area contributed by atoms with Gasteiger partial charge in [-0.2, -0.15) is 0 Å². The summed E-state index contributed by atoms with van der Waals surface area (Å²) >= 11 is 0. The van der Waals surface area contributed by atoms with E-state index in [1.807, 2.05) is 10.9 Å². The molecule has 0 unspecified atom stereocenters. The molecule has 0 amide bonds. The third-order valence-electron chi connectivity index (χ3n) is 3.18. The summed E-state index contributed by atoms with van der Waals surface area (Å²) in [5, 5.41) is 11.7. The number of aromatic nitrogens is 3.